The van der Waals surface area contributed by atoms with E-state index in [9.17, 15) is 4.79 Å². The van der Waals surface area contributed by atoms with Crippen LogP contribution in [0.1, 0.15) is 28.8 Å². The monoisotopic (exact) mass is 317 g/mol. The van der Waals surface area contributed by atoms with Crippen molar-refractivity contribution in [3.8, 4) is 11.1 Å². The second-order valence-electron chi connectivity index (χ2n) is 6.19. The Balaban J connectivity index is 1.58. The first kappa shape index (κ1) is 14.7. The molecule has 4 nitrogen and oxygen atoms in total. The summed E-state index contributed by atoms with van der Waals surface area (Å²) in [5.41, 5.74) is 3.95. The minimum Gasteiger partial charge on any atom is -0.349 e. The fraction of sp³-hybridized carbons (Fsp3) is 0.200. The minimum absolute atomic E-state index is 0.0220. The topological polar surface area (TPSA) is 46.9 Å². The molecule has 4 heteroatoms. The van der Waals surface area contributed by atoms with Crippen molar-refractivity contribution in [2.45, 2.75) is 25.4 Å². The number of nitrogens with one attached hydrogen (secondary N) is 1. The van der Waals surface area contributed by atoms with Crippen LogP contribution in [-0.4, -0.2) is 21.7 Å². The lowest BCUT2D eigenvalue weighted by Gasteiger charge is -2.11. The highest BCUT2D eigenvalue weighted by molar-refractivity contribution is 6.01. The molecule has 120 valence electrons. The summed E-state index contributed by atoms with van der Waals surface area (Å²) in [5, 5.41) is 7.30. The summed E-state index contributed by atoms with van der Waals surface area (Å²) < 4.78 is 1.89. The molecule has 24 heavy (non-hydrogen) atoms. The smallest absolute Gasteiger partial charge is 0.252 e. The van der Waals surface area contributed by atoms with Gasteiger partial charge in [-0.05, 0) is 41.7 Å². The van der Waals surface area contributed by atoms with E-state index in [1.165, 1.54) is 5.56 Å². The van der Waals surface area contributed by atoms with Crippen LogP contribution >= 0.6 is 0 Å². The number of hydrogen-bond acceptors (Lipinski definition) is 2. The molecule has 1 heterocycles. The summed E-state index contributed by atoms with van der Waals surface area (Å²) >= 11 is 0. The van der Waals surface area contributed by atoms with E-state index in [0.717, 1.165) is 36.1 Å². The second-order valence-corrected chi connectivity index (χ2v) is 6.19. The molecule has 2 aromatic carbocycles. The van der Waals surface area contributed by atoms with E-state index in [0.29, 0.717) is 6.04 Å². The summed E-state index contributed by atoms with van der Waals surface area (Å²) in [6.07, 6.45) is 5.92. The molecule has 0 bridgehead atoms. The van der Waals surface area contributed by atoms with Crippen molar-refractivity contribution >= 4 is 5.91 Å². The first-order valence-electron chi connectivity index (χ1n) is 8.26. The van der Waals surface area contributed by atoms with Crippen molar-refractivity contribution in [3.63, 3.8) is 0 Å². The Kier molecular flexibility index (Phi) is 3.87. The highest BCUT2D eigenvalue weighted by Gasteiger charge is 2.24. The SMILES string of the molecule is O=C(NC1CC1)c1ccccc1-c1ccc(Cn2cccn2)cc1. The number of benzene rings is 2. The van der Waals surface area contributed by atoms with Gasteiger partial charge in [0.25, 0.3) is 5.91 Å². The van der Waals surface area contributed by atoms with Crippen LogP contribution in [0.3, 0.4) is 0 Å². The molecule has 0 aliphatic heterocycles. The number of carbonyl (C=O) groups is 1. The van der Waals surface area contributed by atoms with Crippen molar-refractivity contribution in [3.05, 3.63) is 78.1 Å². The van der Waals surface area contributed by atoms with Gasteiger partial charge in [-0.2, -0.15) is 5.10 Å². The molecule has 0 spiro atoms. The third kappa shape index (κ3) is 3.23. The molecule has 0 atom stereocenters. The average Bonchev–Trinajstić information content (AvgIpc) is 3.28. The maximum Gasteiger partial charge on any atom is 0.252 e. The standard InChI is InChI=1S/C20H19N3O/c24-20(22-17-10-11-17)19-5-2-1-4-18(19)16-8-6-15(7-9-16)14-23-13-3-12-21-23/h1-9,12-13,17H,10-11,14H2,(H,22,24). The summed E-state index contributed by atoms with van der Waals surface area (Å²) in [4.78, 5) is 12.4. The van der Waals surface area contributed by atoms with E-state index in [4.69, 9.17) is 0 Å². The predicted octanol–water partition coefficient (Wildman–Crippen LogP) is 3.49. The zero-order valence-electron chi connectivity index (χ0n) is 13.4. The predicted molar refractivity (Wildman–Crippen MR) is 93.7 cm³/mol. The van der Waals surface area contributed by atoms with Gasteiger partial charge in [-0.15, -0.1) is 0 Å². The van der Waals surface area contributed by atoms with E-state index < -0.39 is 0 Å². The Bertz CT molecular complexity index is 834. The highest BCUT2D eigenvalue weighted by atomic mass is 16.1. The average molecular weight is 317 g/mol. The number of hydrogen-bond donors (Lipinski definition) is 1. The molecule has 0 radical (unpaired) electrons. The van der Waals surface area contributed by atoms with E-state index in [-0.39, 0.29) is 5.91 Å². The van der Waals surface area contributed by atoms with E-state index in [1.54, 1.807) is 6.20 Å². The number of rotatable bonds is 5. The van der Waals surface area contributed by atoms with Crippen LogP contribution < -0.4 is 5.32 Å². The first-order chi connectivity index (χ1) is 11.8. The lowest BCUT2D eigenvalue weighted by atomic mass is 9.98. The Morgan fingerprint density at radius 2 is 1.88 bits per heavy atom. The van der Waals surface area contributed by atoms with Gasteiger partial charge < -0.3 is 5.32 Å². The quantitative estimate of drug-likeness (QED) is 0.783. The fourth-order valence-corrected chi connectivity index (χ4v) is 2.79. The van der Waals surface area contributed by atoms with E-state index in [2.05, 4.69) is 34.7 Å². The van der Waals surface area contributed by atoms with Crippen molar-refractivity contribution in [2.75, 3.05) is 0 Å². The molecule has 1 aromatic heterocycles. The minimum atomic E-state index is 0.0220. The summed E-state index contributed by atoms with van der Waals surface area (Å²) in [5.74, 6) is 0.0220. The van der Waals surface area contributed by atoms with Gasteiger partial charge in [-0.1, -0.05) is 42.5 Å². The normalized spacial score (nSPS) is 13.7. The summed E-state index contributed by atoms with van der Waals surface area (Å²) in [6, 6.07) is 18.4. The molecule has 3 aromatic rings. The number of carbonyl (C=O) groups excluding carboxylic acids is 1. The second kappa shape index (κ2) is 6.32. The molecule has 0 saturated heterocycles. The lowest BCUT2D eigenvalue weighted by molar-refractivity contribution is 0.0951. The van der Waals surface area contributed by atoms with Gasteiger partial charge in [-0.25, -0.2) is 0 Å². The Morgan fingerprint density at radius 1 is 1.08 bits per heavy atom. The van der Waals surface area contributed by atoms with Crippen LogP contribution in [-0.2, 0) is 6.54 Å². The zero-order valence-corrected chi connectivity index (χ0v) is 13.4. The van der Waals surface area contributed by atoms with Crippen molar-refractivity contribution in [1.82, 2.24) is 15.1 Å². The molecule has 1 N–H and O–H groups in total. The van der Waals surface area contributed by atoms with Crippen LogP contribution in [0.15, 0.2) is 67.0 Å². The third-order valence-electron chi connectivity index (χ3n) is 4.25. The molecular weight excluding hydrogens is 298 g/mol. The molecule has 1 aliphatic carbocycles. The molecule has 1 fully saturated rings. The summed E-state index contributed by atoms with van der Waals surface area (Å²) in [6.45, 7) is 0.747. The van der Waals surface area contributed by atoms with Gasteiger partial charge in [-0.3, -0.25) is 9.48 Å². The molecule has 0 unspecified atom stereocenters. The first-order valence-corrected chi connectivity index (χ1v) is 8.26. The van der Waals surface area contributed by atoms with Crippen molar-refractivity contribution in [1.29, 1.82) is 0 Å². The maximum absolute atomic E-state index is 12.4. The van der Waals surface area contributed by atoms with Crippen molar-refractivity contribution < 1.29 is 4.79 Å². The number of amides is 1. The van der Waals surface area contributed by atoms with Crippen LogP contribution in [0.5, 0.6) is 0 Å². The fourth-order valence-electron chi connectivity index (χ4n) is 2.79. The molecular formula is C20H19N3O. The number of aromatic nitrogens is 2. The van der Waals surface area contributed by atoms with Crippen LogP contribution in [0.25, 0.3) is 11.1 Å². The Labute approximate surface area is 141 Å². The Morgan fingerprint density at radius 3 is 2.58 bits per heavy atom. The van der Waals surface area contributed by atoms with Crippen LogP contribution in [0, 0.1) is 0 Å². The van der Waals surface area contributed by atoms with E-state index in [1.807, 2.05) is 41.2 Å². The lowest BCUT2D eigenvalue weighted by Crippen LogP contribution is -2.25. The van der Waals surface area contributed by atoms with Gasteiger partial charge in [0.05, 0.1) is 6.54 Å². The van der Waals surface area contributed by atoms with E-state index >= 15 is 0 Å². The third-order valence-corrected chi connectivity index (χ3v) is 4.25. The van der Waals surface area contributed by atoms with Crippen LogP contribution in [0.4, 0.5) is 0 Å². The summed E-state index contributed by atoms with van der Waals surface area (Å²) in [7, 11) is 0. The molecule has 1 saturated carbocycles. The maximum atomic E-state index is 12.4. The number of nitrogens with zero attached hydrogens (tertiary/aromatic N) is 2. The van der Waals surface area contributed by atoms with Gasteiger partial charge in [0.2, 0.25) is 0 Å². The van der Waals surface area contributed by atoms with Gasteiger partial charge in [0, 0.05) is 24.0 Å². The highest BCUT2D eigenvalue weighted by Crippen LogP contribution is 2.26. The molecule has 4 rings (SSSR count). The molecule has 1 amide bonds. The van der Waals surface area contributed by atoms with Gasteiger partial charge in [0.1, 0.15) is 0 Å². The van der Waals surface area contributed by atoms with Gasteiger partial charge in [0.15, 0.2) is 0 Å². The van der Waals surface area contributed by atoms with Crippen LogP contribution in [0.2, 0.25) is 0 Å². The Hall–Kier alpha value is -2.88. The zero-order chi connectivity index (χ0) is 16.4. The largest absolute Gasteiger partial charge is 0.349 e. The van der Waals surface area contributed by atoms with Gasteiger partial charge >= 0.3 is 0 Å². The molecule has 1 aliphatic rings. The van der Waals surface area contributed by atoms with Crippen molar-refractivity contribution in [2.24, 2.45) is 0 Å².